The number of rotatable bonds is 5. The normalized spacial score (nSPS) is 21.6. The molecule has 2 rings (SSSR count). The lowest BCUT2D eigenvalue weighted by molar-refractivity contribution is -0.148. The molecule has 1 amide bonds. The molecule has 0 spiro atoms. The van der Waals surface area contributed by atoms with Crippen molar-refractivity contribution in [2.45, 2.75) is 37.1 Å². The van der Waals surface area contributed by atoms with E-state index in [0.29, 0.717) is 30.2 Å². The van der Waals surface area contributed by atoms with Gasteiger partial charge in [-0.1, -0.05) is 23.7 Å². The molecule has 1 aromatic rings. The predicted octanol–water partition coefficient (Wildman–Crippen LogP) is 3.53. The molecule has 0 saturated carbocycles. The minimum atomic E-state index is -0.810. The van der Waals surface area contributed by atoms with Crippen molar-refractivity contribution < 1.29 is 14.7 Å². The van der Waals surface area contributed by atoms with Crippen LogP contribution >= 0.6 is 23.4 Å². The van der Waals surface area contributed by atoms with E-state index in [9.17, 15) is 14.7 Å². The molecule has 0 aliphatic carbocycles. The van der Waals surface area contributed by atoms with E-state index >= 15 is 0 Å². The summed E-state index contributed by atoms with van der Waals surface area (Å²) in [5.41, 5.74) is 0. The van der Waals surface area contributed by atoms with Crippen LogP contribution in [0.15, 0.2) is 29.2 Å². The Labute approximate surface area is 139 Å². The fourth-order valence-electron chi connectivity index (χ4n) is 2.78. The Morgan fingerprint density at radius 2 is 2.14 bits per heavy atom. The van der Waals surface area contributed by atoms with Crippen LogP contribution in [0.3, 0.4) is 0 Å². The van der Waals surface area contributed by atoms with Gasteiger partial charge < -0.3 is 10.0 Å². The van der Waals surface area contributed by atoms with Gasteiger partial charge in [-0.2, -0.15) is 0 Å². The van der Waals surface area contributed by atoms with Gasteiger partial charge in [0, 0.05) is 29.7 Å². The number of hydrogen-bond acceptors (Lipinski definition) is 3. The number of amides is 1. The van der Waals surface area contributed by atoms with Gasteiger partial charge in [-0.25, -0.2) is 0 Å². The second-order valence-electron chi connectivity index (χ2n) is 5.44. The van der Waals surface area contributed by atoms with Gasteiger partial charge in [0.15, 0.2) is 0 Å². The summed E-state index contributed by atoms with van der Waals surface area (Å²) in [5, 5.41) is 9.90. The Bertz CT molecular complexity index is 552. The average Bonchev–Trinajstić information content (AvgIpc) is 2.49. The van der Waals surface area contributed by atoms with Gasteiger partial charge >= 0.3 is 5.97 Å². The zero-order valence-corrected chi connectivity index (χ0v) is 14.1. The van der Waals surface area contributed by atoms with Crippen molar-refractivity contribution in [2.75, 3.05) is 12.3 Å². The van der Waals surface area contributed by atoms with E-state index in [1.807, 2.05) is 31.2 Å². The highest BCUT2D eigenvalue weighted by molar-refractivity contribution is 7.99. The molecule has 120 valence electrons. The maximum atomic E-state index is 12.3. The van der Waals surface area contributed by atoms with E-state index in [-0.39, 0.29) is 11.9 Å². The van der Waals surface area contributed by atoms with Gasteiger partial charge in [-0.3, -0.25) is 9.59 Å². The summed E-state index contributed by atoms with van der Waals surface area (Å²) >= 11 is 7.64. The standard InChI is InChI=1S/C16H20ClNO3S/c1-11-12(16(20)21)5-4-9-18(11)15(19)8-10-22-14-7-3-2-6-13(14)17/h2-3,6-7,11-12H,4-5,8-10H2,1H3,(H,20,21)/t11-,12-/m1/s1. The van der Waals surface area contributed by atoms with E-state index < -0.39 is 11.9 Å². The third-order valence-electron chi connectivity index (χ3n) is 4.04. The number of thioether (sulfide) groups is 1. The summed E-state index contributed by atoms with van der Waals surface area (Å²) in [6.45, 7) is 2.48. The maximum absolute atomic E-state index is 12.3. The molecule has 1 heterocycles. The summed E-state index contributed by atoms with van der Waals surface area (Å²) < 4.78 is 0. The number of carbonyl (C=O) groups excluding carboxylic acids is 1. The summed E-state index contributed by atoms with van der Waals surface area (Å²) in [5.74, 6) is -0.592. The van der Waals surface area contributed by atoms with E-state index in [4.69, 9.17) is 11.6 Å². The Hall–Kier alpha value is -1.20. The van der Waals surface area contributed by atoms with Gasteiger partial charge in [0.2, 0.25) is 5.91 Å². The lowest BCUT2D eigenvalue weighted by Gasteiger charge is -2.37. The van der Waals surface area contributed by atoms with E-state index in [0.717, 1.165) is 11.3 Å². The van der Waals surface area contributed by atoms with Crippen molar-refractivity contribution in [3.05, 3.63) is 29.3 Å². The number of carboxylic acids is 1. The van der Waals surface area contributed by atoms with E-state index in [1.165, 1.54) is 0 Å². The Kier molecular flexibility index (Phi) is 6.15. The predicted molar refractivity (Wildman–Crippen MR) is 88.3 cm³/mol. The van der Waals surface area contributed by atoms with Crippen molar-refractivity contribution in [1.82, 2.24) is 4.90 Å². The zero-order valence-electron chi connectivity index (χ0n) is 12.5. The summed E-state index contributed by atoms with van der Waals surface area (Å²) in [4.78, 5) is 26.2. The third-order valence-corrected chi connectivity index (χ3v) is 5.55. The Morgan fingerprint density at radius 3 is 2.82 bits per heavy atom. The fraction of sp³-hybridized carbons (Fsp3) is 0.500. The van der Waals surface area contributed by atoms with Crippen LogP contribution in [0.2, 0.25) is 5.02 Å². The fourth-order valence-corrected chi connectivity index (χ4v) is 3.96. The summed E-state index contributed by atoms with van der Waals surface area (Å²) in [7, 11) is 0. The van der Waals surface area contributed by atoms with Crippen molar-refractivity contribution >= 4 is 35.2 Å². The first-order valence-corrected chi connectivity index (χ1v) is 8.76. The van der Waals surface area contributed by atoms with Crippen LogP contribution in [0, 0.1) is 5.92 Å². The number of benzene rings is 1. The third kappa shape index (κ3) is 4.17. The smallest absolute Gasteiger partial charge is 0.308 e. The minimum Gasteiger partial charge on any atom is -0.481 e. The molecule has 22 heavy (non-hydrogen) atoms. The van der Waals surface area contributed by atoms with E-state index in [1.54, 1.807) is 16.7 Å². The van der Waals surface area contributed by atoms with Crippen LogP contribution in [-0.2, 0) is 9.59 Å². The molecule has 6 heteroatoms. The van der Waals surface area contributed by atoms with E-state index in [2.05, 4.69) is 0 Å². The highest BCUT2D eigenvalue weighted by Crippen LogP contribution is 2.28. The minimum absolute atomic E-state index is 0.0259. The molecule has 0 bridgehead atoms. The summed E-state index contributed by atoms with van der Waals surface area (Å²) in [6.07, 6.45) is 1.80. The monoisotopic (exact) mass is 341 g/mol. The molecule has 1 aliphatic heterocycles. The van der Waals surface area contributed by atoms with Crippen LogP contribution in [-0.4, -0.2) is 40.2 Å². The number of hydrogen-bond donors (Lipinski definition) is 1. The first kappa shape index (κ1) is 17.2. The van der Waals surface area contributed by atoms with Crippen LogP contribution < -0.4 is 0 Å². The molecule has 0 unspecified atom stereocenters. The van der Waals surface area contributed by atoms with Crippen LogP contribution in [0.5, 0.6) is 0 Å². The lowest BCUT2D eigenvalue weighted by Crippen LogP contribution is -2.49. The number of aliphatic carboxylic acids is 1. The molecule has 1 aromatic carbocycles. The first-order chi connectivity index (χ1) is 10.5. The van der Waals surface area contributed by atoms with Gasteiger partial charge in [-0.05, 0) is 31.9 Å². The van der Waals surface area contributed by atoms with Gasteiger partial charge in [0.05, 0.1) is 10.9 Å². The molecular formula is C16H20ClNO3S. The molecule has 1 aliphatic rings. The topological polar surface area (TPSA) is 57.6 Å². The number of carbonyl (C=O) groups is 2. The molecule has 1 N–H and O–H groups in total. The van der Waals surface area contributed by atoms with Crippen molar-refractivity contribution in [3.63, 3.8) is 0 Å². The number of piperidine rings is 1. The molecule has 4 nitrogen and oxygen atoms in total. The second kappa shape index (κ2) is 7.88. The lowest BCUT2D eigenvalue weighted by atomic mass is 9.90. The Morgan fingerprint density at radius 1 is 1.41 bits per heavy atom. The maximum Gasteiger partial charge on any atom is 0.308 e. The van der Waals surface area contributed by atoms with Crippen LogP contribution in [0.25, 0.3) is 0 Å². The highest BCUT2D eigenvalue weighted by Gasteiger charge is 2.34. The second-order valence-corrected chi connectivity index (χ2v) is 6.99. The largest absolute Gasteiger partial charge is 0.481 e. The van der Waals surface area contributed by atoms with Gasteiger partial charge in [-0.15, -0.1) is 11.8 Å². The molecule has 0 radical (unpaired) electrons. The first-order valence-electron chi connectivity index (χ1n) is 7.40. The average molecular weight is 342 g/mol. The SMILES string of the molecule is C[C@@H]1[C@H](C(=O)O)CCCN1C(=O)CCSc1ccccc1Cl. The van der Waals surface area contributed by atoms with Crippen LogP contribution in [0.1, 0.15) is 26.2 Å². The Balaban J connectivity index is 1.87. The van der Waals surface area contributed by atoms with Crippen molar-refractivity contribution in [2.24, 2.45) is 5.92 Å². The number of likely N-dealkylation sites (tertiary alicyclic amines) is 1. The zero-order chi connectivity index (χ0) is 16.1. The molecule has 2 atom stereocenters. The molecule has 1 fully saturated rings. The van der Waals surface area contributed by atoms with Crippen molar-refractivity contribution in [3.8, 4) is 0 Å². The van der Waals surface area contributed by atoms with Gasteiger partial charge in [0.25, 0.3) is 0 Å². The van der Waals surface area contributed by atoms with Gasteiger partial charge in [0.1, 0.15) is 0 Å². The molecule has 0 aromatic heterocycles. The number of carboxylic acid groups (broad SMARTS) is 1. The van der Waals surface area contributed by atoms with Crippen LogP contribution in [0.4, 0.5) is 0 Å². The molecular weight excluding hydrogens is 322 g/mol. The summed E-state index contributed by atoms with van der Waals surface area (Å²) in [6, 6.07) is 7.32. The highest BCUT2D eigenvalue weighted by atomic mass is 35.5. The number of halogens is 1. The quantitative estimate of drug-likeness (QED) is 0.832. The number of nitrogens with zero attached hydrogens (tertiary/aromatic N) is 1. The van der Waals surface area contributed by atoms with Crippen molar-refractivity contribution in [1.29, 1.82) is 0 Å². The molecule has 1 saturated heterocycles.